The van der Waals surface area contributed by atoms with E-state index in [4.69, 9.17) is 10.2 Å². The Morgan fingerprint density at radius 2 is 1.82 bits per heavy atom. The highest BCUT2D eigenvalue weighted by Gasteiger charge is 2.06. The van der Waals surface area contributed by atoms with Gasteiger partial charge in [0.25, 0.3) is 0 Å². The first-order chi connectivity index (χ1) is 8.22. The number of hydrogen-bond donors (Lipinski definition) is 3. The summed E-state index contributed by atoms with van der Waals surface area (Å²) in [5.74, 6) is 0. The third-order valence-electron chi connectivity index (χ3n) is 2.64. The molecule has 2 aromatic carbocycles. The second-order valence-corrected chi connectivity index (χ2v) is 3.72. The van der Waals surface area contributed by atoms with E-state index in [0.717, 1.165) is 16.3 Å². The molecule has 2 rings (SSSR count). The molecular formula is C13H13NO3. The van der Waals surface area contributed by atoms with Gasteiger partial charge in [0.2, 0.25) is 0 Å². The van der Waals surface area contributed by atoms with Gasteiger partial charge in [-0.3, -0.25) is 5.32 Å². The number of fused-ring (bicyclic) bond motifs is 1. The van der Waals surface area contributed by atoms with Gasteiger partial charge in [0.1, 0.15) is 0 Å². The van der Waals surface area contributed by atoms with E-state index < -0.39 is 6.09 Å². The van der Waals surface area contributed by atoms with Gasteiger partial charge < -0.3 is 10.2 Å². The van der Waals surface area contributed by atoms with Crippen LogP contribution in [0.15, 0.2) is 36.4 Å². The fraction of sp³-hybridized carbons (Fsp3) is 0.154. The fourth-order valence-corrected chi connectivity index (χ4v) is 1.92. The van der Waals surface area contributed by atoms with E-state index in [-0.39, 0.29) is 6.61 Å². The van der Waals surface area contributed by atoms with E-state index in [1.165, 1.54) is 0 Å². The van der Waals surface area contributed by atoms with Crippen LogP contribution in [0.25, 0.3) is 10.8 Å². The third kappa shape index (κ3) is 2.37. The summed E-state index contributed by atoms with van der Waals surface area (Å²) >= 11 is 0. The van der Waals surface area contributed by atoms with Crippen molar-refractivity contribution in [2.45, 2.75) is 6.42 Å². The van der Waals surface area contributed by atoms with Crippen molar-refractivity contribution in [3.63, 3.8) is 0 Å². The second kappa shape index (κ2) is 4.84. The van der Waals surface area contributed by atoms with Crippen molar-refractivity contribution in [2.24, 2.45) is 0 Å². The van der Waals surface area contributed by atoms with Gasteiger partial charge in [0.15, 0.2) is 0 Å². The van der Waals surface area contributed by atoms with E-state index in [0.29, 0.717) is 12.1 Å². The Bertz CT molecular complexity index is 551. The average molecular weight is 231 g/mol. The molecule has 0 bridgehead atoms. The number of rotatable bonds is 3. The molecule has 4 nitrogen and oxygen atoms in total. The number of anilines is 1. The van der Waals surface area contributed by atoms with Gasteiger partial charge in [0, 0.05) is 12.0 Å². The van der Waals surface area contributed by atoms with Crippen molar-refractivity contribution in [2.75, 3.05) is 11.9 Å². The number of hydrogen-bond acceptors (Lipinski definition) is 2. The molecule has 0 fully saturated rings. The number of amides is 1. The number of carboxylic acid groups (broad SMARTS) is 1. The smallest absolute Gasteiger partial charge is 0.409 e. The zero-order valence-electron chi connectivity index (χ0n) is 9.18. The topological polar surface area (TPSA) is 69.6 Å². The fourth-order valence-electron chi connectivity index (χ4n) is 1.92. The van der Waals surface area contributed by atoms with E-state index in [2.05, 4.69) is 5.32 Å². The number of aliphatic hydroxyl groups is 1. The van der Waals surface area contributed by atoms with Crippen molar-refractivity contribution in [1.82, 2.24) is 0 Å². The molecule has 0 aliphatic rings. The summed E-state index contributed by atoms with van der Waals surface area (Å²) in [7, 11) is 0. The predicted octanol–water partition coefficient (Wildman–Crippen LogP) is 2.46. The molecule has 1 amide bonds. The SMILES string of the molecule is O=C(O)Nc1ccc(CCO)c2ccccc12. The Morgan fingerprint density at radius 1 is 1.12 bits per heavy atom. The van der Waals surface area contributed by atoms with E-state index in [9.17, 15) is 4.79 Å². The Hall–Kier alpha value is -2.07. The molecule has 0 saturated heterocycles. The Kier molecular flexibility index (Phi) is 3.25. The molecule has 0 saturated carbocycles. The maximum atomic E-state index is 10.7. The number of aliphatic hydroxyl groups excluding tert-OH is 1. The van der Waals surface area contributed by atoms with E-state index >= 15 is 0 Å². The quantitative estimate of drug-likeness (QED) is 0.760. The van der Waals surface area contributed by atoms with Crippen molar-refractivity contribution >= 4 is 22.6 Å². The van der Waals surface area contributed by atoms with E-state index in [1.807, 2.05) is 30.3 Å². The van der Waals surface area contributed by atoms with Crippen molar-refractivity contribution in [1.29, 1.82) is 0 Å². The van der Waals surface area contributed by atoms with Crippen LogP contribution in [0, 0.1) is 0 Å². The number of benzene rings is 2. The first-order valence-electron chi connectivity index (χ1n) is 5.34. The molecular weight excluding hydrogens is 218 g/mol. The second-order valence-electron chi connectivity index (χ2n) is 3.72. The minimum absolute atomic E-state index is 0.0791. The van der Waals surface area contributed by atoms with Crippen LogP contribution < -0.4 is 5.32 Å². The number of carbonyl (C=O) groups is 1. The summed E-state index contributed by atoms with van der Waals surface area (Å²) in [5, 5.41) is 21.9. The molecule has 2 aromatic rings. The average Bonchev–Trinajstić information content (AvgIpc) is 2.32. The lowest BCUT2D eigenvalue weighted by molar-refractivity contribution is 0.210. The van der Waals surface area contributed by atoms with Gasteiger partial charge >= 0.3 is 6.09 Å². The molecule has 0 radical (unpaired) electrons. The van der Waals surface area contributed by atoms with Crippen LogP contribution in [-0.2, 0) is 6.42 Å². The lowest BCUT2D eigenvalue weighted by Gasteiger charge is -2.10. The van der Waals surface area contributed by atoms with Gasteiger partial charge in [-0.25, -0.2) is 4.79 Å². The lowest BCUT2D eigenvalue weighted by atomic mass is 10.0. The highest BCUT2D eigenvalue weighted by Crippen LogP contribution is 2.26. The molecule has 88 valence electrons. The van der Waals surface area contributed by atoms with Crippen LogP contribution >= 0.6 is 0 Å². The van der Waals surface area contributed by atoms with E-state index in [1.54, 1.807) is 6.07 Å². The van der Waals surface area contributed by atoms with Crippen LogP contribution in [0.4, 0.5) is 10.5 Å². The summed E-state index contributed by atoms with van der Waals surface area (Å²) in [4.78, 5) is 10.7. The minimum atomic E-state index is -1.08. The zero-order chi connectivity index (χ0) is 12.3. The molecule has 0 aliphatic carbocycles. The normalized spacial score (nSPS) is 10.4. The Balaban J connectivity index is 2.57. The molecule has 3 N–H and O–H groups in total. The van der Waals surface area contributed by atoms with Crippen LogP contribution in [0.3, 0.4) is 0 Å². The summed E-state index contributed by atoms with van der Waals surface area (Å²) in [6, 6.07) is 11.1. The summed E-state index contributed by atoms with van der Waals surface area (Å²) in [6.07, 6.45) is -0.515. The van der Waals surface area contributed by atoms with Crippen molar-refractivity contribution < 1.29 is 15.0 Å². The van der Waals surface area contributed by atoms with Gasteiger partial charge in [-0.15, -0.1) is 0 Å². The van der Waals surface area contributed by atoms with Crippen molar-refractivity contribution in [3.8, 4) is 0 Å². The molecule has 0 aliphatic heterocycles. The summed E-state index contributed by atoms with van der Waals surface area (Å²) in [5.41, 5.74) is 1.58. The Labute approximate surface area is 98.5 Å². The zero-order valence-corrected chi connectivity index (χ0v) is 9.18. The van der Waals surface area contributed by atoms with Gasteiger partial charge in [0.05, 0.1) is 5.69 Å². The molecule has 4 heteroatoms. The lowest BCUT2D eigenvalue weighted by Crippen LogP contribution is -2.08. The van der Waals surface area contributed by atoms with Crippen molar-refractivity contribution in [3.05, 3.63) is 42.0 Å². The summed E-state index contributed by atoms with van der Waals surface area (Å²) in [6.45, 7) is 0.0791. The first kappa shape index (κ1) is 11.4. The number of nitrogens with one attached hydrogen (secondary N) is 1. The molecule has 0 spiro atoms. The molecule has 0 unspecified atom stereocenters. The van der Waals surface area contributed by atoms with Crippen LogP contribution in [0.1, 0.15) is 5.56 Å². The summed E-state index contributed by atoms with van der Waals surface area (Å²) < 4.78 is 0. The van der Waals surface area contributed by atoms with Crippen LogP contribution in [0.5, 0.6) is 0 Å². The third-order valence-corrected chi connectivity index (χ3v) is 2.64. The maximum Gasteiger partial charge on any atom is 0.409 e. The van der Waals surface area contributed by atoms with Gasteiger partial charge in [-0.2, -0.15) is 0 Å². The first-order valence-corrected chi connectivity index (χ1v) is 5.34. The minimum Gasteiger partial charge on any atom is -0.465 e. The highest BCUT2D eigenvalue weighted by molar-refractivity contribution is 6.01. The maximum absolute atomic E-state index is 10.7. The largest absolute Gasteiger partial charge is 0.465 e. The standard InChI is InChI=1S/C13H13NO3/c15-8-7-9-5-6-12(14-13(16)17)11-4-2-1-3-10(9)11/h1-6,14-15H,7-8H2,(H,16,17). The van der Waals surface area contributed by atoms with Gasteiger partial charge in [-0.05, 0) is 23.4 Å². The van der Waals surface area contributed by atoms with Gasteiger partial charge in [-0.1, -0.05) is 30.3 Å². The molecule has 17 heavy (non-hydrogen) atoms. The van der Waals surface area contributed by atoms with Crippen LogP contribution in [0.2, 0.25) is 0 Å². The molecule has 0 heterocycles. The van der Waals surface area contributed by atoms with Crippen LogP contribution in [-0.4, -0.2) is 22.9 Å². The Morgan fingerprint density at radius 3 is 2.47 bits per heavy atom. The highest BCUT2D eigenvalue weighted by atomic mass is 16.4. The molecule has 0 aromatic heterocycles. The predicted molar refractivity (Wildman–Crippen MR) is 66.4 cm³/mol. The monoisotopic (exact) mass is 231 g/mol. The molecule has 0 atom stereocenters.